The predicted octanol–water partition coefficient (Wildman–Crippen LogP) is 2.33. The molecule has 0 saturated heterocycles. The molecule has 2 aromatic rings. The molecule has 0 unspecified atom stereocenters. The van der Waals surface area contributed by atoms with Crippen LogP contribution in [0, 0.1) is 0 Å². The highest BCUT2D eigenvalue weighted by atomic mass is 35.5. The first kappa shape index (κ1) is 11.8. The second kappa shape index (κ2) is 4.53. The molecule has 1 N–H and O–H groups in total. The van der Waals surface area contributed by atoms with Gasteiger partial charge >= 0.3 is 23.1 Å². The van der Waals surface area contributed by atoms with Crippen LogP contribution in [0.15, 0.2) is 24.4 Å². The van der Waals surface area contributed by atoms with Crippen molar-refractivity contribution in [1.29, 1.82) is 0 Å². The molecule has 0 aliphatic heterocycles. The van der Waals surface area contributed by atoms with Gasteiger partial charge in [0.1, 0.15) is 5.52 Å². The number of hydrogen-bond acceptors (Lipinski definition) is 2. The summed E-state index contributed by atoms with van der Waals surface area (Å²) in [5.74, 6) is -0.0262. The van der Waals surface area contributed by atoms with Crippen LogP contribution in [0.4, 0.5) is 0 Å². The zero-order valence-corrected chi connectivity index (χ0v) is 7.97. The molecule has 2 rings (SSSR count). The zero-order chi connectivity index (χ0) is 9.42. The van der Waals surface area contributed by atoms with Gasteiger partial charge in [-0.1, -0.05) is 23.2 Å². The van der Waals surface area contributed by atoms with E-state index >= 15 is 0 Å². The average Bonchev–Trinajstić information content (AvgIpc) is 2.15. The van der Waals surface area contributed by atoms with Crippen LogP contribution in [0.3, 0.4) is 0 Å². The lowest BCUT2D eigenvalue weighted by Crippen LogP contribution is -1.80. The number of aromatic hydroxyl groups is 1. The molecule has 1 aromatic carbocycles. The smallest absolute Gasteiger partial charge is 0.316 e. The summed E-state index contributed by atoms with van der Waals surface area (Å²) < 4.78 is 0. The Morgan fingerprint density at radius 2 is 1.93 bits per heavy atom. The Labute approximate surface area is 107 Å². The zero-order valence-electron chi connectivity index (χ0n) is 6.46. The van der Waals surface area contributed by atoms with Crippen LogP contribution in [0.25, 0.3) is 10.9 Å². The van der Waals surface area contributed by atoms with Crippen molar-refractivity contribution in [3.8, 4) is 5.75 Å². The fourth-order valence-corrected chi connectivity index (χ4v) is 1.67. The fraction of sp³-hybridized carbons (Fsp3) is 0. The van der Waals surface area contributed by atoms with Gasteiger partial charge in [0.15, 0.2) is 5.75 Å². The number of rotatable bonds is 0. The maximum atomic E-state index is 9.53. The molecule has 0 saturated carbocycles. The minimum absolute atomic E-state index is 0. The first-order valence-electron chi connectivity index (χ1n) is 3.62. The topological polar surface area (TPSA) is 33.1 Å². The Morgan fingerprint density at radius 3 is 2.64 bits per heavy atom. The molecule has 2 nitrogen and oxygen atoms in total. The minimum atomic E-state index is -0.0262. The first-order valence-corrected chi connectivity index (χ1v) is 4.37. The van der Waals surface area contributed by atoms with Crippen molar-refractivity contribution >= 4 is 57.2 Å². The molecule has 1 aromatic heterocycles. The van der Waals surface area contributed by atoms with Crippen molar-refractivity contribution in [3.05, 3.63) is 34.4 Å². The average molecular weight is 240 g/mol. The largest absolute Gasteiger partial charge is 0.504 e. The van der Waals surface area contributed by atoms with Gasteiger partial charge in [-0.25, -0.2) is 0 Å². The number of phenols is 1. The highest BCUT2D eigenvalue weighted by molar-refractivity contribution is 6.39. The number of phenolic OH excluding ortho intramolecular Hbond substituents is 1. The van der Waals surface area contributed by atoms with Crippen LogP contribution in [0.1, 0.15) is 0 Å². The second-order valence-corrected chi connectivity index (χ2v) is 3.40. The lowest BCUT2D eigenvalue weighted by molar-refractivity contribution is 0.480. The van der Waals surface area contributed by atoms with Crippen molar-refractivity contribution < 1.29 is 5.11 Å². The highest BCUT2D eigenvalue weighted by Gasteiger charge is 2.08. The van der Waals surface area contributed by atoms with E-state index in [0.717, 1.165) is 0 Å². The van der Waals surface area contributed by atoms with Gasteiger partial charge in [0.05, 0.1) is 10.0 Å². The van der Waals surface area contributed by atoms with E-state index < -0.39 is 0 Å². The standard InChI is InChI=1S/C9H5Cl2NO.Mg.2H/c10-6-4-7(11)9(13)8-5(6)2-1-3-12-8;;;/h1-4,13H;;;. The molecule has 1 heterocycles. The molecule has 0 aliphatic carbocycles. The number of halogens is 2. The lowest BCUT2D eigenvalue weighted by Gasteiger charge is -2.03. The summed E-state index contributed by atoms with van der Waals surface area (Å²) in [5, 5.41) is 10.9. The van der Waals surface area contributed by atoms with Crippen molar-refractivity contribution in [2.24, 2.45) is 0 Å². The summed E-state index contributed by atoms with van der Waals surface area (Å²) >= 11 is 11.6. The molecule has 0 atom stereocenters. The maximum absolute atomic E-state index is 9.53. The monoisotopic (exact) mass is 239 g/mol. The van der Waals surface area contributed by atoms with E-state index in [1.54, 1.807) is 18.3 Å². The highest BCUT2D eigenvalue weighted by Crippen LogP contribution is 2.35. The molecule has 0 radical (unpaired) electrons. The molecule has 14 heavy (non-hydrogen) atoms. The Bertz CT molecular complexity index is 476. The van der Waals surface area contributed by atoms with Crippen molar-refractivity contribution in [1.82, 2.24) is 4.98 Å². The molecular formula is C9H7Cl2MgNO. The number of pyridine rings is 1. The molecule has 0 aliphatic rings. The summed E-state index contributed by atoms with van der Waals surface area (Å²) in [6, 6.07) is 5.03. The fourth-order valence-electron chi connectivity index (χ4n) is 1.16. The minimum Gasteiger partial charge on any atom is -0.504 e. The van der Waals surface area contributed by atoms with Gasteiger partial charge in [0, 0.05) is 11.6 Å². The van der Waals surface area contributed by atoms with E-state index in [1.807, 2.05) is 0 Å². The summed E-state index contributed by atoms with van der Waals surface area (Å²) in [5.41, 5.74) is 0.431. The SMILES string of the molecule is Oc1c(Cl)cc(Cl)c2cccnc12.[MgH2]. The van der Waals surface area contributed by atoms with Crippen LogP contribution < -0.4 is 0 Å². The van der Waals surface area contributed by atoms with Crippen molar-refractivity contribution in [3.63, 3.8) is 0 Å². The molecular weight excluding hydrogens is 233 g/mol. The molecule has 0 fully saturated rings. The van der Waals surface area contributed by atoms with E-state index in [0.29, 0.717) is 15.9 Å². The van der Waals surface area contributed by atoms with Crippen LogP contribution in [-0.2, 0) is 0 Å². The van der Waals surface area contributed by atoms with E-state index in [1.165, 1.54) is 6.07 Å². The van der Waals surface area contributed by atoms with Gasteiger partial charge in [-0.3, -0.25) is 4.98 Å². The quantitative estimate of drug-likeness (QED) is 0.717. The van der Waals surface area contributed by atoms with E-state index in [-0.39, 0.29) is 33.8 Å². The molecule has 70 valence electrons. The summed E-state index contributed by atoms with van der Waals surface area (Å²) in [6.45, 7) is 0. The second-order valence-electron chi connectivity index (χ2n) is 2.59. The number of hydrogen-bond donors (Lipinski definition) is 1. The van der Waals surface area contributed by atoms with Gasteiger partial charge in [-0.15, -0.1) is 0 Å². The van der Waals surface area contributed by atoms with E-state index in [4.69, 9.17) is 23.2 Å². The van der Waals surface area contributed by atoms with Crippen molar-refractivity contribution in [2.45, 2.75) is 0 Å². The number of nitrogens with zero attached hydrogens (tertiary/aromatic N) is 1. The third kappa shape index (κ3) is 1.91. The Hall–Kier alpha value is -0.224. The van der Waals surface area contributed by atoms with Crippen LogP contribution in [-0.4, -0.2) is 33.1 Å². The van der Waals surface area contributed by atoms with Crippen LogP contribution >= 0.6 is 23.2 Å². The van der Waals surface area contributed by atoms with Crippen LogP contribution in [0.2, 0.25) is 10.0 Å². The number of fused-ring (bicyclic) bond motifs is 1. The predicted molar refractivity (Wildman–Crippen MR) is 62.0 cm³/mol. The summed E-state index contributed by atoms with van der Waals surface area (Å²) in [6.07, 6.45) is 1.58. The lowest BCUT2D eigenvalue weighted by atomic mass is 10.2. The van der Waals surface area contributed by atoms with Crippen molar-refractivity contribution in [2.75, 3.05) is 0 Å². The van der Waals surface area contributed by atoms with Crippen LogP contribution in [0.5, 0.6) is 5.75 Å². The summed E-state index contributed by atoms with van der Waals surface area (Å²) in [4.78, 5) is 3.98. The molecule has 0 amide bonds. The van der Waals surface area contributed by atoms with Gasteiger partial charge in [0.25, 0.3) is 0 Å². The van der Waals surface area contributed by atoms with Gasteiger partial charge in [-0.2, -0.15) is 0 Å². The number of benzene rings is 1. The Morgan fingerprint density at radius 1 is 1.21 bits per heavy atom. The molecule has 0 bridgehead atoms. The maximum Gasteiger partial charge on any atom is 0.316 e. The Balaban J connectivity index is 0.000000980. The summed E-state index contributed by atoms with van der Waals surface area (Å²) in [7, 11) is 0. The number of aromatic nitrogens is 1. The third-order valence-corrected chi connectivity index (χ3v) is 2.37. The van der Waals surface area contributed by atoms with E-state index in [2.05, 4.69) is 4.98 Å². The molecule has 5 heteroatoms. The Kier molecular flexibility index (Phi) is 3.83. The van der Waals surface area contributed by atoms with Gasteiger partial charge in [0.2, 0.25) is 0 Å². The normalized spacial score (nSPS) is 9.86. The third-order valence-electron chi connectivity index (χ3n) is 1.77. The van der Waals surface area contributed by atoms with E-state index in [9.17, 15) is 5.11 Å². The van der Waals surface area contributed by atoms with Gasteiger partial charge in [-0.05, 0) is 18.2 Å². The molecule has 0 spiro atoms. The first-order chi connectivity index (χ1) is 6.20. The van der Waals surface area contributed by atoms with Gasteiger partial charge < -0.3 is 5.11 Å².